The summed E-state index contributed by atoms with van der Waals surface area (Å²) in [7, 11) is 1.70. The number of nitrogens with two attached hydrogens (primary N) is 1. The standard InChI is InChI=1S/C11H12BrF2N5/c1-19-5-10(17-18-19)9(16-15)4-6-8(13)3-2-7(12)11(6)14/h2-3,5,9,16H,4,15H2,1H3. The van der Waals surface area contributed by atoms with Gasteiger partial charge >= 0.3 is 0 Å². The van der Waals surface area contributed by atoms with E-state index < -0.39 is 17.7 Å². The summed E-state index contributed by atoms with van der Waals surface area (Å²) in [6.45, 7) is 0. The van der Waals surface area contributed by atoms with Gasteiger partial charge in [-0.3, -0.25) is 16.0 Å². The molecular weight excluding hydrogens is 320 g/mol. The van der Waals surface area contributed by atoms with E-state index in [1.807, 2.05) is 0 Å². The van der Waals surface area contributed by atoms with Gasteiger partial charge in [0.25, 0.3) is 0 Å². The number of hydrogen-bond donors (Lipinski definition) is 2. The Morgan fingerprint density at radius 2 is 2.21 bits per heavy atom. The minimum atomic E-state index is -0.635. The molecule has 5 nitrogen and oxygen atoms in total. The van der Waals surface area contributed by atoms with Crippen LogP contribution in [-0.2, 0) is 13.5 Å². The van der Waals surface area contributed by atoms with Gasteiger partial charge in [-0.15, -0.1) is 5.10 Å². The van der Waals surface area contributed by atoms with Crippen molar-refractivity contribution < 1.29 is 8.78 Å². The van der Waals surface area contributed by atoms with Crippen LogP contribution in [0.2, 0.25) is 0 Å². The number of benzene rings is 1. The number of nitrogens with one attached hydrogen (secondary N) is 1. The van der Waals surface area contributed by atoms with Crippen molar-refractivity contribution >= 4 is 15.9 Å². The monoisotopic (exact) mass is 331 g/mol. The van der Waals surface area contributed by atoms with Gasteiger partial charge in [-0.1, -0.05) is 5.21 Å². The Labute approximate surface area is 116 Å². The lowest BCUT2D eigenvalue weighted by molar-refractivity contribution is 0.490. The Hall–Kier alpha value is -1.38. The molecule has 1 unspecified atom stereocenters. The van der Waals surface area contributed by atoms with Gasteiger partial charge in [0, 0.05) is 25.2 Å². The van der Waals surface area contributed by atoms with Crippen LogP contribution in [0.25, 0.3) is 0 Å². The zero-order chi connectivity index (χ0) is 14.0. The third-order valence-corrected chi connectivity index (χ3v) is 3.34. The third kappa shape index (κ3) is 2.96. The molecule has 0 radical (unpaired) electrons. The lowest BCUT2D eigenvalue weighted by Crippen LogP contribution is -2.30. The number of aryl methyl sites for hydroxylation is 1. The molecule has 0 bridgehead atoms. The second-order valence-electron chi connectivity index (χ2n) is 4.06. The van der Waals surface area contributed by atoms with E-state index in [1.165, 1.54) is 16.8 Å². The SMILES string of the molecule is Cn1cc(C(Cc2c(F)ccc(Br)c2F)NN)nn1. The minimum Gasteiger partial charge on any atom is -0.271 e. The molecule has 0 saturated heterocycles. The first kappa shape index (κ1) is 14.0. The van der Waals surface area contributed by atoms with Crippen LogP contribution in [0.4, 0.5) is 8.78 Å². The molecule has 0 saturated carbocycles. The maximum atomic E-state index is 13.9. The van der Waals surface area contributed by atoms with E-state index in [0.717, 1.165) is 0 Å². The molecule has 2 rings (SSSR count). The molecule has 1 aromatic heterocycles. The van der Waals surface area contributed by atoms with Crippen LogP contribution in [0.15, 0.2) is 22.8 Å². The first-order valence-electron chi connectivity index (χ1n) is 5.47. The van der Waals surface area contributed by atoms with E-state index in [-0.39, 0.29) is 16.5 Å². The van der Waals surface area contributed by atoms with Crippen LogP contribution in [-0.4, -0.2) is 15.0 Å². The maximum Gasteiger partial charge on any atom is 0.143 e. The summed E-state index contributed by atoms with van der Waals surface area (Å²) in [6, 6.07) is 2.00. The van der Waals surface area contributed by atoms with Gasteiger partial charge in [0.2, 0.25) is 0 Å². The molecule has 19 heavy (non-hydrogen) atoms. The molecule has 0 fully saturated rings. The summed E-state index contributed by atoms with van der Waals surface area (Å²) in [4.78, 5) is 0. The Morgan fingerprint density at radius 1 is 1.47 bits per heavy atom. The summed E-state index contributed by atoms with van der Waals surface area (Å²) in [5.74, 6) is 4.16. The number of rotatable bonds is 4. The van der Waals surface area contributed by atoms with E-state index in [4.69, 9.17) is 5.84 Å². The number of nitrogens with zero attached hydrogens (tertiary/aromatic N) is 3. The first-order valence-corrected chi connectivity index (χ1v) is 6.27. The molecule has 8 heteroatoms. The lowest BCUT2D eigenvalue weighted by atomic mass is 10.0. The minimum absolute atomic E-state index is 0.0340. The van der Waals surface area contributed by atoms with Crippen molar-refractivity contribution in [2.24, 2.45) is 12.9 Å². The highest BCUT2D eigenvalue weighted by Crippen LogP contribution is 2.25. The molecule has 102 valence electrons. The molecule has 0 spiro atoms. The van der Waals surface area contributed by atoms with E-state index >= 15 is 0 Å². The summed E-state index contributed by atoms with van der Waals surface area (Å²) < 4.78 is 29.3. The van der Waals surface area contributed by atoms with Crippen LogP contribution in [0.1, 0.15) is 17.3 Å². The van der Waals surface area contributed by atoms with Gasteiger partial charge in [0.1, 0.15) is 17.3 Å². The van der Waals surface area contributed by atoms with E-state index in [0.29, 0.717) is 5.69 Å². The summed E-state index contributed by atoms with van der Waals surface area (Å²) in [6.07, 6.45) is 1.67. The van der Waals surface area contributed by atoms with Gasteiger partial charge < -0.3 is 0 Å². The number of hydrogen-bond acceptors (Lipinski definition) is 4. The van der Waals surface area contributed by atoms with Crippen LogP contribution >= 0.6 is 15.9 Å². The van der Waals surface area contributed by atoms with E-state index in [1.54, 1.807) is 13.2 Å². The molecule has 1 heterocycles. The molecular formula is C11H12BrF2N5. The Morgan fingerprint density at radius 3 is 2.79 bits per heavy atom. The lowest BCUT2D eigenvalue weighted by Gasteiger charge is -2.14. The largest absolute Gasteiger partial charge is 0.271 e. The van der Waals surface area contributed by atoms with Gasteiger partial charge in [-0.05, 0) is 28.1 Å². The van der Waals surface area contributed by atoms with Gasteiger partial charge in [0.15, 0.2) is 0 Å². The molecule has 0 aliphatic heterocycles. The predicted octanol–water partition coefficient (Wildman–Crippen LogP) is 1.60. The fourth-order valence-corrected chi connectivity index (χ4v) is 2.11. The van der Waals surface area contributed by atoms with Gasteiger partial charge in [0.05, 0.1) is 10.5 Å². The van der Waals surface area contributed by atoms with Crippen LogP contribution in [0.3, 0.4) is 0 Å². The fourth-order valence-electron chi connectivity index (χ4n) is 1.73. The van der Waals surface area contributed by atoms with Crippen molar-refractivity contribution in [3.63, 3.8) is 0 Å². The molecule has 0 aliphatic carbocycles. The maximum absolute atomic E-state index is 13.9. The van der Waals surface area contributed by atoms with Crippen molar-refractivity contribution in [2.75, 3.05) is 0 Å². The Balaban J connectivity index is 2.31. The molecule has 1 atom stereocenters. The average Bonchev–Trinajstić information content (AvgIpc) is 2.81. The van der Waals surface area contributed by atoms with Crippen LogP contribution in [0, 0.1) is 11.6 Å². The van der Waals surface area contributed by atoms with Crippen LogP contribution < -0.4 is 11.3 Å². The van der Waals surface area contributed by atoms with Crippen molar-refractivity contribution in [2.45, 2.75) is 12.5 Å². The molecule has 0 aliphatic rings. The van der Waals surface area contributed by atoms with Crippen LogP contribution in [0.5, 0.6) is 0 Å². The number of aromatic nitrogens is 3. The predicted molar refractivity (Wildman–Crippen MR) is 68.8 cm³/mol. The summed E-state index contributed by atoms with van der Waals surface area (Å²) in [5.41, 5.74) is 2.95. The Bertz CT molecular complexity index is 586. The molecule has 0 amide bonds. The smallest absolute Gasteiger partial charge is 0.143 e. The zero-order valence-corrected chi connectivity index (χ0v) is 11.7. The average molecular weight is 332 g/mol. The van der Waals surface area contributed by atoms with Gasteiger partial charge in [-0.2, -0.15) is 0 Å². The van der Waals surface area contributed by atoms with Crippen molar-refractivity contribution in [3.8, 4) is 0 Å². The quantitative estimate of drug-likeness (QED) is 0.507. The zero-order valence-electron chi connectivity index (χ0n) is 10.1. The van der Waals surface area contributed by atoms with E-state index in [2.05, 4.69) is 31.7 Å². The van der Waals surface area contributed by atoms with E-state index in [9.17, 15) is 8.78 Å². The summed E-state index contributed by atoms with van der Waals surface area (Å²) >= 11 is 3.03. The second-order valence-corrected chi connectivity index (χ2v) is 4.92. The number of halogens is 3. The Kier molecular flexibility index (Phi) is 4.23. The number of hydrazine groups is 1. The third-order valence-electron chi connectivity index (χ3n) is 2.73. The molecule has 1 aromatic carbocycles. The molecule has 2 aromatic rings. The highest BCUT2D eigenvalue weighted by molar-refractivity contribution is 9.10. The highest BCUT2D eigenvalue weighted by atomic mass is 79.9. The fraction of sp³-hybridized carbons (Fsp3) is 0.273. The molecule has 3 N–H and O–H groups in total. The summed E-state index contributed by atoms with van der Waals surface area (Å²) in [5, 5.41) is 7.64. The van der Waals surface area contributed by atoms with Gasteiger partial charge in [-0.25, -0.2) is 8.78 Å². The topological polar surface area (TPSA) is 68.8 Å². The van der Waals surface area contributed by atoms with Crippen molar-refractivity contribution in [1.29, 1.82) is 0 Å². The van der Waals surface area contributed by atoms with Crippen molar-refractivity contribution in [3.05, 3.63) is 45.7 Å². The normalized spacial score (nSPS) is 12.7. The van der Waals surface area contributed by atoms with Crippen molar-refractivity contribution in [1.82, 2.24) is 20.4 Å². The highest BCUT2D eigenvalue weighted by Gasteiger charge is 2.20. The second kappa shape index (κ2) is 5.72. The first-order chi connectivity index (χ1) is 9.02.